The molecule has 0 fully saturated rings. The Labute approximate surface area is 77.1 Å². The van der Waals surface area contributed by atoms with Crippen LogP contribution < -0.4 is 0 Å². The summed E-state index contributed by atoms with van der Waals surface area (Å²) in [6.07, 6.45) is 1.78. The summed E-state index contributed by atoms with van der Waals surface area (Å²) in [4.78, 5) is 8.38. The number of rotatable bonds is 3. The van der Waals surface area contributed by atoms with Gasteiger partial charge in [0.1, 0.15) is 0 Å². The molecule has 0 N–H and O–H groups in total. The zero-order chi connectivity index (χ0) is 8.97. The number of nitrogens with zero attached hydrogens (tertiary/aromatic N) is 2. The second-order valence-corrected chi connectivity index (χ2v) is 3.67. The third-order valence-corrected chi connectivity index (χ3v) is 2.31. The molecule has 1 aromatic heterocycles. The molecule has 0 saturated carbocycles. The first-order valence-corrected chi connectivity index (χ1v) is 4.74. The van der Waals surface area contributed by atoms with Crippen molar-refractivity contribution < 1.29 is 0 Å². The lowest BCUT2D eigenvalue weighted by atomic mass is 10.4. The third-order valence-electron chi connectivity index (χ3n) is 1.22. The summed E-state index contributed by atoms with van der Waals surface area (Å²) in [5.41, 5.74) is 2.15. The van der Waals surface area contributed by atoms with Crippen molar-refractivity contribution in [2.45, 2.75) is 19.0 Å². The van der Waals surface area contributed by atoms with Crippen LogP contribution in [0.25, 0.3) is 0 Å². The highest BCUT2D eigenvalue weighted by Gasteiger charge is 1.96. The maximum absolute atomic E-state index is 4.26. The van der Waals surface area contributed by atoms with Crippen molar-refractivity contribution in [3.8, 4) is 0 Å². The first kappa shape index (κ1) is 9.26. The van der Waals surface area contributed by atoms with Crippen LogP contribution in [0.5, 0.6) is 0 Å². The van der Waals surface area contributed by atoms with Gasteiger partial charge in [0.05, 0.1) is 0 Å². The summed E-state index contributed by atoms with van der Waals surface area (Å²) in [5.74, 6) is 0.892. The van der Waals surface area contributed by atoms with Gasteiger partial charge in [-0.1, -0.05) is 23.9 Å². The Morgan fingerprint density at radius 3 is 3.00 bits per heavy atom. The van der Waals surface area contributed by atoms with Gasteiger partial charge in [0, 0.05) is 17.6 Å². The molecule has 0 aliphatic carbocycles. The molecule has 0 aliphatic heterocycles. The van der Waals surface area contributed by atoms with E-state index in [2.05, 4.69) is 16.5 Å². The molecule has 0 saturated heterocycles. The van der Waals surface area contributed by atoms with Gasteiger partial charge in [0.2, 0.25) is 0 Å². The largest absolute Gasteiger partial charge is 0.231 e. The molecule has 0 atom stereocenters. The molecule has 1 rings (SSSR count). The van der Waals surface area contributed by atoms with Crippen LogP contribution in [0.15, 0.2) is 29.6 Å². The Bertz CT molecular complexity index is 284. The van der Waals surface area contributed by atoms with E-state index in [1.54, 1.807) is 18.0 Å². The minimum Gasteiger partial charge on any atom is -0.231 e. The molecule has 0 aromatic carbocycles. The average Bonchev–Trinajstić information content (AvgIpc) is 2.01. The molecule has 0 amide bonds. The van der Waals surface area contributed by atoms with Crippen LogP contribution in [0, 0.1) is 6.92 Å². The Morgan fingerprint density at radius 2 is 2.42 bits per heavy atom. The van der Waals surface area contributed by atoms with Crippen molar-refractivity contribution in [3.63, 3.8) is 0 Å². The Morgan fingerprint density at radius 1 is 1.67 bits per heavy atom. The predicted octanol–water partition coefficient (Wildman–Crippen LogP) is 2.45. The zero-order valence-electron chi connectivity index (χ0n) is 7.37. The summed E-state index contributed by atoms with van der Waals surface area (Å²) in [6.45, 7) is 7.78. The Kier molecular flexibility index (Phi) is 3.29. The number of aryl methyl sites for hydroxylation is 1. The quantitative estimate of drug-likeness (QED) is 0.406. The average molecular weight is 180 g/mol. The van der Waals surface area contributed by atoms with E-state index in [1.165, 1.54) is 0 Å². The number of thioether (sulfide) groups is 1. The second kappa shape index (κ2) is 4.26. The summed E-state index contributed by atoms with van der Waals surface area (Å²) < 4.78 is 0. The highest BCUT2D eigenvalue weighted by molar-refractivity contribution is 7.99. The molecule has 0 spiro atoms. The van der Waals surface area contributed by atoms with Crippen LogP contribution in [0.4, 0.5) is 0 Å². The van der Waals surface area contributed by atoms with Crippen LogP contribution in [0.1, 0.15) is 12.6 Å². The molecule has 1 aromatic rings. The minimum absolute atomic E-state index is 0.831. The van der Waals surface area contributed by atoms with Crippen LogP contribution >= 0.6 is 11.8 Å². The number of aromatic nitrogens is 2. The lowest BCUT2D eigenvalue weighted by Gasteiger charge is -1.99. The SMILES string of the molecule is C=C(C)CSc1nccc(C)n1. The fraction of sp³-hybridized carbons (Fsp3) is 0.333. The summed E-state index contributed by atoms with van der Waals surface area (Å²) in [6, 6.07) is 1.89. The van der Waals surface area contributed by atoms with Crippen molar-refractivity contribution in [1.82, 2.24) is 9.97 Å². The molecule has 0 unspecified atom stereocenters. The van der Waals surface area contributed by atoms with E-state index in [0.717, 1.165) is 22.2 Å². The topological polar surface area (TPSA) is 25.8 Å². The van der Waals surface area contributed by atoms with Gasteiger partial charge in [-0.15, -0.1) is 0 Å². The molecule has 2 nitrogen and oxygen atoms in total. The molecule has 12 heavy (non-hydrogen) atoms. The second-order valence-electron chi connectivity index (χ2n) is 2.73. The van der Waals surface area contributed by atoms with E-state index >= 15 is 0 Å². The van der Waals surface area contributed by atoms with E-state index < -0.39 is 0 Å². The van der Waals surface area contributed by atoms with E-state index in [9.17, 15) is 0 Å². The molecular weight excluding hydrogens is 168 g/mol. The maximum Gasteiger partial charge on any atom is 0.188 e. The summed E-state index contributed by atoms with van der Waals surface area (Å²) in [7, 11) is 0. The zero-order valence-corrected chi connectivity index (χ0v) is 8.19. The number of hydrogen-bond acceptors (Lipinski definition) is 3. The Hall–Kier alpha value is -0.830. The molecule has 1 heterocycles. The first-order valence-electron chi connectivity index (χ1n) is 3.75. The van der Waals surface area contributed by atoms with Crippen molar-refractivity contribution in [3.05, 3.63) is 30.1 Å². The lowest BCUT2D eigenvalue weighted by molar-refractivity contribution is 0.933. The van der Waals surface area contributed by atoms with Crippen molar-refractivity contribution in [1.29, 1.82) is 0 Å². The molecule has 0 radical (unpaired) electrons. The van der Waals surface area contributed by atoms with Crippen LogP contribution in [-0.2, 0) is 0 Å². The standard InChI is InChI=1S/C9H12N2S/c1-7(2)6-12-9-10-5-4-8(3)11-9/h4-5H,1,6H2,2-3H3. The van der Waals surface area contributed by atoms with E-state index in [0.29, 0.717) is 0 Å². The fourth-order valence-corrected chi connectivity index (χ4v) is 1.40. The Balaban J connectivity index is 2.57. The van der Waals surface area contributed by atoms with Crippen molar-refractivity contribution in [2.75, 3.05) is 5.75 Å². The van der Waals surface area contributed by atoms with Gasteiger partial charge in [-0.25, -0.2) is 9.97 Å². The number of hydrogen-bond donors (Lipinski definition) is 0. The highest BCUT2D eigenvalue weighted by atomic mass is 32.2. The summed E-state index contributed by atoms with van der Waals surface area (Å²) >= 11 is 1.62. The van der Waals surface area contributed by atoms with Gasteiger partial charge in [-0.2, -0.15) is 0 Å². The lowest BCUT2D eigenvalue weighted by Crippen LogP contribution is -1.89. The molecule has 3 heteroatoms. The smallest absolute Gasteiger partial charge is 0.188 e. The fourth-order valence-electron chi connectivity index (χ4n) is 0.683. The first-order chi connectivity index (χ1) is 5.68. The van der Waals surface area contributed by atoms with Gasteiger partial charge >= 0.3 is 0 Å². The molecule has 0 aliphatic rings. The van der Waals surface area contributed by atoms with E-state index in [1.807, 2.05) is 19.9 Å². The highest BCUT2D eigenvalue weighted by Crippen LogP contribution is 2.14. The monoisotopic (exact) mass is 180 g/mol. The third kappa shape index (κ3) is 3.05. The van der Waals surface area contributed by atoms with Crippen LogP contribution in [0.2, 0.25) is 0 Å². The normalized spacial score (nSPS) is 9.83. The van der Waals surface area contributed by atoms with Gasteiger partial charge in [-0.05, 0) is 19.9 Å². The summed E-state index contributed by atoms with van der Waals surface area (Å²) in [5, 5.41) is 0.831. The van der Waals surface area contributed by atoms with E-state index in [4.69, 9.17) is 0 Å². The van der Waals surface area contributed by atoms with Gasteiger partial charge < -0.3 is 0 Å². The van der Waals surface area contributed by atoms with Crippen molar-refractivity contribution >= 4 is 11.8 Å². The minimum atomic E-state index is 0.831. The molecule has 64 valence electrons. The van der Waals surface area contributed by atoms with Gasteiger partial charge in [-0.3, -0.25) is 0 Å². The van der Waals surface area contributed by atoms with Crippen molar-refractivity contribution in [2.24, 2.45) is 0 Å². The van der Waals surface area contributed by atoms with Crippen LogP contribution in [0.3, 0.4) is 0 Å². The van der Waals surface area contributed by atoms with Gasteiger partial charge in [0.15, 0.2) is 5.16 Å². The van der Waals surface area contributed by atoms with E-state index in [-0.39, 0.29) is 0 Å². The van der Waals surface area contributed by atoms with Gasteiger partial charge in [0.25, 0.3) is 0 Å². The molecule has 0 bridgehead atoms. The van der Waals surface area contributed by atoms with Crippen LogP contribution in [-0.4, -0.2) is 15.7 Å². The predicted molar refractivity (Wildman–Crippen MR) is 52.3 cm³/mol. The maximum atomic E-state index is 4.26. The molecular formula is C9H12N2S.